The van der Waals surface area contributed by atoms with Crippen LogP contribution < -0.4 is 10.9 Å². The van der Waals surface area contributed by atoms with E-state index in [1.807, 2.05) is 48.5 Å². The maximum Gasteiger partial charge on any atom is 0.251 e. The van der Waals surface area contributed by atoms with Crippen LogP contribution in [0, 0.1) is 0 Å². The number of pyridine rings is 1. The predicted molar refractivity (Wildman–Crippen MR) is 100.0 cm³/mol. The molecule has 4 heteroatoms. The fourth-order valence-corrected chi connectivity index (χ4v) is 3.60. The summed E-state index contributed by atoms with van der Waals surface area (Å²) >= 11 is 0. The minimum Gasteiger partial charge on any atom is -0.326 e. The molecule has 1 aliphatic carbocycles. The van der Waals surface area contributed by atoms with E-state index < -0.39 is 0 Å². The number of hydrogen-bond acceptors (Lipinski definition) is 2. The second-order valence-electron chi connectivity index (χ2n) is 6.56. The summed E-state index contributed by atoms with van der Waals surface area (Å²) in [6.07, 6.45) is 4.00. The number of hydrogen-bond donors (Lipinski definition) is 2. The summed E-state index contributed by atoms with van der Waals surface area (Å²) in [5, 5.41) is 4.02. The fraction of sp³-hybridized carbons (Fsp3) is 0.238. The SMILES string of the molecule is O=C(CCc1ccccc1)Nc1ccc2c3c(c(=O)[nH]c2c1)CCC3. The molecule has 0 unspecified atom stereocenters. The molecular weight excluding hydrogens is 312 g/mol. The molecule has 4 nitrogen and oxygen atoms in total. The zero-order valence-corrected chi connectivity index (χ0v) is 14.0. The number of amides is 1. The van der Waals surface area contributed by atoms with Crippen LogP contribution in [0.2, 0.25) is 0 Å². The number of benzene rings is 2. The van der Waals surface area contributed by atoms with Gasteiger partial charge < -0.3 is 10.3 Å². The molecule has 1 aromatic heterocycles. The third-order valence-electron chi connectivity index (χ3n) is 4.85. The summed E-state index contributed by atoms with van der Waals surface area (Å²) in [6.45, 7) is 0. The van der Waals surface area contributed by atoms with Crippen LogP contribution >= 0.6 is 0 Å². The summed E-state index contributed by atoms with van der Waals surface area (Å²) < 4.78 is 0. The number of fused-ring (bicyclic) bond motifs is 3. The van der Waals surface area contributed by atoms with Crippen molar-refractivity contribution in [2.45, 2.75) is 32.1 Å². The lowest BCUT2D eigenvalue weighted by Gasteiger charge is -2.09. The number of H-pyrrole nitrogens is 1. The fourth-order valence-electron chi connectivity index (χ4n) is 3.60. The van der Waals surface area contributed by atoms with Gasteiger partial charge in [-0.3, -0.25) is 9.59 Å². The van der Waals surface area contributed by atoms with E-state index in [1.165, 1.54) is 5.56 Å². The highest BCUT2D eigenvalue weighted by molar-refractivity contribution is 5.94. The van der Waals surface area contributed by atoms with Gasteiger partial charge in [-0.2, -0.15) is 0 Å². The molecule has 25 heavy (non-hydrogen) atoms. The van der Waals surface area contributed by atoms with Gasteiger partial charge in [0.15, 0.2) is 0 Å². The van der Waals surface area contributed by atoms with Gasteiger partial charge in [0.25, 0.3) is 5.56 Å². The highest BCUT2D eigenvalue weighted by Gasteiger charge is 2.18. The molecule has 0 spiro atoms. The van der Waals surface area contributed by atoms with Gasteiger partial charge in [-0.15, -0.1) is 0 Å². The molecule has 0 radical (unpaired) electrons. The van der Waals surface area contributed by atoms with Crippen LogP contribution in [0.15, 0.2) is 53.3 Å². The van der Waals surface area contributed by atoms with E-state index in [4.69, 9.17) is 0 Å². The molecule has 1 heterocycles. The Balaban J connectivity index is 1.51. The van der Waals surface area contributed by atoms with Crippen LogP contribution in [0.3, 0.4) is 0 Å². The lowest BCUT2D eigenvalue weighted by atomic mass is 10.1. The number of anilines is 1. The van der Waals surface area contributed by atoms with E-state index in [-0.39, 0.29) is 11.5 Å². The van der Waals surface area contributed by atoms with Gasteiger partial charge in [-0.1, -0.05) is 36.4 Å². The van der Waals surface area contributed by atoms with Crippen molar-refractivity contribution in [1.29, 1.82) is 0 Å². The second-order valence-corrected chi connectivity index (χ2v) is 6.56. The molecular formula is C21H20N2O2. The standard InChI is InChI=1S/C21H20N2O2/c24-20(12-9-14-5-2-1-3-6-14)22-15-10-11-17-16-7-4-8-18(16)21(25)23-19(17)13-15/h1-3,5-6,10-11,13H,4,7-9,12H2,(H,22,24)(H,23,25). The largest absolute Gasteiger partial charge is 0.326 e. The average molecular weight is 332 g/mol. The molecule has 1 amide bonds. The molecule has 0 aliphatic heterocycles. The lowest BCUT2D eigenvalue weighted by molar-refractivity contribution is -0.116. The van der Waals surface area contributed by atoms with Crippen molar-refractivity contribution in [3.05, 3.63) is 75.6 Å². The van der Waals surface area contributed by atoms with E-state index in [1.54, 1.807) is 0 Å². The Labute approximate surface area is 145 Å². The summed E-state index contributed by atoms with van der Waals surface area (Å²) in [7, 11) is 0. The Morgan fingerprint density at radius 3 is 2.68 bits per heavy atom. The quantitative estimate of drug-likeness (QED) is 0.767. The molecule has 0 saturated heterocycles. The Morgan fingerprint density at radius 1 is 1.04 bits per heavy atom. The summed E-state index contributed by atoms with van der Waals surface area (Å²) in [4.78, 5) is 27.3. The highest BCUT2D eigenvalue weighted by atomic mass is 16.1. The Bertz CT molecular complexity index is 990. The van der Waals surface area contributed by atoms with E-state index in [0.717, 1.165) is 47.0 Å². The van der Waals surface area contributed by atoms with Crippen LogP contribution in [-0.2, 0) is 24.1 Å². The van der Waals surface area contributed by atoms with Crippen molar-refractivity contribution < 1.29 is 4.79 Å². The van der Waals surface area contributed by atoms with Gasteiger partial charge in [0.05, 0.1) is 5.52 Å². The Morgan fingerprint density at radius 2 is 1.84 bits per heavy atom. The van der Waals surface area contributed by atoms with Crippen molar-refractivity contribution in [3.63, 3.8) is 0 Å². The third-order valence-corrected chi connectivity index (χ3v) is 4.85. The summed E-state index contributed by atoms with van der Waals surface area (Å²) in [5.41, 5.74) is 4.77. The van der Waals surface area contributed by atoms with E-state index in [9.17, 15) is 9.59 Å². The molecule has 2 N–H and O–H groups in total. The normalized spacial score (nSPS) is 13.0. The number of carbonyl (C=O) groups is 1. The molecule has 3 aromatic rings. The summed E-state index contributed by atoms with van der Waals surface area (Å²) in [6, 6.07) is 15.7. The van der Waals surface area contributed by atoms with Gasteiger partial charge in [-0.05, 0) is 48.9 Å². The molecule has 2 aromatic carbocycles. The van der Waals surface area contributed by atoms with Crippen LogP contribution in [0.4, 0.5) is 5.69 Å². The number of aromatic nitrogens is 1. The van der Waals surface area contributed by atoms with Crippen molar-refractivity contribution in [3.8, 4) is 0 Å². The van der Waals surface area contributed by atoms with Crippen LogP contribution in [-0.4, -0.2) is 10.9 Å². The maximum atomic E-state index is 12.2. The van der Waals surface area contributed by atoms with E-state index in [0.29, 0.717) is 12.8 Å². The first-order chi connectivity index (χ1) is 12.2. The molecule has 0 atom stereocenters. The van der Waals surface area contributed by atoms with Crippen molar-refractivity contribution >= 4 is 22.5 Å². The van der Waals surface area contributed by atoms with Gasteiger partial charge >= 0.3 is 0 Å². The number of nitrogens with one attached hydrogen (secondary N) is 2. The second kappa shape index (κ2) is 6.55. The van der Waals surface area contributed by atoms with Crippen molar-refractivity contribution in [2.24, 2.45) is 0 Å². The predicted octanol–water partition coefficient (Wildman–Crippen LogP) is 3.59. The number of aromatic amines is 1. The minimum absolute atomic E-state index is 0.00699. The first-order valence-corrected chi connectivity index (χ1v) is 8.72. The molecule has 0 fully saturated rings. The minimum atomic E-state index is -0.0216. The van der Waals surface area contributed by atoms with Gasteiger partial charge in [0.2, 0.25) is 5.91 Å². The number of aryl methyl sites for hydroxylation is 2. The molecule has 126 valence electrons. The Hall–Kier alpha value is -2.88. The number of carbonyl (C=O) groups excluding carboxylic acids is 1. The number of rotatable bonds is 4. The first kappa shape index (κ1) is 15.6. The lowest BCUT2D eigenvalue weighted by Crippen LogP contribution is -2.14. The average Bonchev–Trinajstić information content (AvgIpc) is 3.11. The first-order valence-electron chi connectivity index (χ1n) is 8.72. The zero-order valence-electron chi connectivity index (χ0n) is 14.0. The monoisotopic (exact) mass is 332 g/mol. The third kappa shape index (κ3) is 3.20. The molecule has 0 bridgehead atoms. The van der Waals surface area contributed by atoms with Crippen molar-refractivity contribution in [1.82, 2.24) is 4.98 Å². The summed E-state index contributed by atoms with van der Waals surface area (Å²) in [5.74, 6) is -0.0216. The van der Waals surface area contributed by atoms with E-state index >= 15 is 0 Å². The maximum absolute atomic E-state index is 12.2. The zero-order chi connectivity index (χ0) is 17.2. The van der Waals surface area contributed by atoms with Crippen molar-refractivity contribution in [2.75, 3.05) is 5.32 Å². The van der Waals surface area contributed by atoms with Gasteiger partial charge in [0, 0.05) is 23.1 Å². The topological polar surface area (TPSA) is 62.0 Å². The molecule has 4 rings (SSSR count). The van der Waals surface area contributed by atoms with Crippen LogP contribution in [0.5, 0.6) is 0 Å². The molecule has 1 aliphatic rings. The van der Waals surface area contributed by atoms with Gasteiger partial charge in [0.1, 0.15) is 0 Å². The van der Waals surface area contributed by atoms with Crippen LogP contribution in [0.1, 0.15) is 29.5 Å². The van der Waals surface area contributed by atoms with Crippen LogP contribution in [0.25, 0.3) is 10.9 Å². The highest BCUT2D eigenvalue weighted by Crippen LogP contribution is 2.27. The van der Waals surface area contributed by atoms with E-state index in [2.05, 4.69) is 10.3 Å². The smallest absolute Gasteiger partial charge is 0.251 e. The molecule has 0 saturated carbocycles. The van der Waals surface area contributed by atoms with Gasteiger partial charge in [-0.25, -0.2) is 0 Å². The Kier molecular flexibility index (Phi) is 4.10.